The molecule has 1 aliphatic rings. The van der Waals surface area contributed by atoms with Crippen LogP contribution in [0, 0.1) is 10.1 Å². The van der Waals surface area contributed by atoms with Gasteiger partial charge in [-0.15, -0.1) is 0 Å². The number of rotatable bonds is 4. The second kappa shape index (κ2) is 6.40. The summed E-state index contributed by atoms with van der Waals surface area (Å²) < 4.78 is 0. The zero-order valence-electron chi connectivity index (χ0n) is 12.7. The molecule has 3 N–H and O–H groups in total. The lowest BCUT2D eigenvalue weighted by Crippen LogP contribution is -2.28. The summed E-state index contributed by atoms with van der Waals surface area (Å²) in [5.41, 5.74) is 1.03. The Morgan fingerprint density at radius 1 is 1.08 bits per heavy atom. The van der Waals surface area contributed by atoms with E-state index in [1.165, 1.54) is 24.3 Å². The fourth-order valence-electron chi connectivity index (χ4n) is 2.43. The molecule has 4 amide bonds. The number of carbonyl (C=O) groups is 3. The predicted octanol–water partition coefficient (Wildman–Crippen LogP) is 1.80. The molecule has 126 valence electrons. The van der Waals surface area contributed by atoms with Gasteiger partial charge < -0.3 is 10.6 Å². The van der Waals surface area contributed by atoms with Crippen LogP contribution in [0.2, 0.25) is 0 Å². The average molecular weight is 340 g/mol. The third-order valence-corrected chi connectivity index (χ3v) is 3.62. The van der Waals surface area contributed by atoms with E-state index in [1.54, 1.807) is 18.2 Å². The largest absolute Gasteiger partial charge is 0.334 e. The maximum atomic E-state index is 12.0. The Kier molecular flexibility index (Phi) is 4.12. The molecule has 0 bridgehead atoms. The molecule has 25 heavy (non-hydrogen) atoms. The van der Waals surface area contributed by atoms with Crippen LogP contribution in [0.25, 0.3) is 0 Å². The number of para-hydroxylation sites is 1. The van der Waals surface area contributed by atoms with Crippen LogP contribution in [0.1, 0.15) is 26.3 Å². The van der Waals surface area contributed by atoms with Gasteiger partial charge in [0.05, 0.1) is 22.6 Å². The Bertz CT molecular complexity index is 909. The predicted molar refractivity (Wildman–Crippen MR) is 87.2 cm³/mol. The van der Waals surface area contributed by atoms with Crippen molar-refractivity contribution in [3.63, 3.8) is 0 Å². The van der Waals surface area contributed by atoms with Gasteiger partial charge in [0, 0.05) is 17.3 Å². The van der Waals surface area contributed by atoms with Crippen LogP contribution in [0.5, 0.6) is 0 Å². The number of hydrogen-bond acceptors (Lipinski definition) is 5. The Balaban J connectivity index is 1.66. The SMILES string of the molecule is O=C(NCc1ccccc1[N+](=O)[O-])Nc1ccc2c(c1)C(=O)NC2=O. The first-order valence-electron chi connectivity index (χ1n) is 7.22. The van der Waals surface area contributed by atoms with E-state index in [0.29, 0.717) is 11.3 Å². The molecule has 1 heterocycles. The first-order chi connectivity index (χ1) is 12.0. The number of amides is 4. The fraction of sp³-hybridized carbons (Fsp3) is 0.0625. The second-order valence-electron chi connectivity index (χ2n) is 5.24. The summed E-state index contributed by atoms with van der Waals surface area (Å²) in [7, 11) is 0. The van der Waals surface area contributed by atoms with Crippen molar-refractivity contribution in [2.24, 2.45) is 0 Å². The molecule has 0 aliphatic carbocycles. The van der Waals surface area contributed by atoms with Gasteiger partial charge in [-0.1, -0.05) is 18.2 Å². The highest BCUT2D eigenvalue weighted by Gasteiger charge is 2.26. The van der Waals surface area contributed by atoms with Crippen LogP contribution in [0.15, 0.2) is 42.5 Å². The molecular formula is C16H12N4O5. The molecule has 0 saturated carbocycles. The van der Waals surface area contributed by atoms with E-state index >= 15 is 0 Å². The van der Waals surface area contributed by atoms with Gasteiger partial charge in [-0.2, -0.15) is 0 Å². The quantitative estimate of drug-likeness (QED) is 0.444. The maximum Gasteiger partial charge on any atom is 0.319 e. The van der Waals surface area contributed by atoms with Crippen LogP contribution in [0.4, 0.5) is 16.2 Å². The summed E-state index contributed by atoms with van der Waals surface area (Å²) in [6.07, 6.45) is 0. The van der Waals surface area contributed by atoms with Crippen molar-refractivity contribution in [3.8, 4) is 0 Å². The van der Waals surface area contributed by atoms with Gasteiger partial charge in [-0.25, -0.2) is 4.79 Å². The lowest BCUT2D eigenvalue weighted by atomic mass is 10.1. The number of hydrogen-bond donors (Lipinski definition) is 3. The zero-order chi connectivity index (χ0) is 18.0. The molecule has 9 nitrogen and oxygen atoms in total. The molecule has 0 unspecified atom stereocenters. The molecule has 9 heteroatoms. The first-order valence-corrected chi connectivity index (χ1v) is 7.22. The van der Waals surface area contributed by atoms with Crippen LogP contribution >= 0.6 is 0 Å². The Morgan fingerprint density at radius 2 is 1.80 bits per heavy atom. The van der Waals surface area contributed by atoms with Crippen LogP contribution in [-0.4, -0.2) is 22.8 Å². The van der Waals surface area contributed by atoms with E-state index < -0.39 is 22.8 Å². The summed E-state index contributed by atoms with van der Waals surface area (Å²) in [5, 5.41) is 18.1. The van der Waals surface area contributed by atoms with E-state index in [4.69, 9.17) is 0 Å². The topological polar surface area (TPSA) is 130 Å². The van der Waals surface area contributed by atoms with Gasteiger partial charge in [0.25, 0.3) is 17.5 Å². The number of fused-ring (bicyclic) bond motifs is 1. The molecule has 0 fully saturated rings. The van der Waals surface area contributed by atoms with Crippen LogP contribution in [0.3, 0.4) is 0 Å². The Hall–Kier alpha value is -3.75. The Labute approximate surface area is 141 Å². The second-order valence-corrected chi connectivity index (χ2v) is 5.24. The highest BCUT2D eigenvalue weighted by atomic mass is 16.6. The van der Waals surface area contributed by atoms with Gasteiger partial charge in [-0.05, 0) is 18.2 Å². The van der Waals surface area contributed by atoms with Crippen molar-refractivity contribution >= 4 is 29.2 Å². The number of carbonyl (C=O) groups excluding carboxylic acids is 3. The molecule has 0 atom stereocenters. The van der Waals surface area contributed by atoms with Gasteiger partial charge in [0.1, 0.15) is 0 Å². The number of urea groups is 1. The van der Waals surface area contributed by atoms with Crippen molar-refractivity contribution in [1.82, 2.24) is 10.6 Å². The van der Waals surface area contributed by atoms with Crippen molar-refractivity contribution in [1.29, 1.82) is 0 Å². The number of imide groups is 1. The molecule has 0 spiro atoms. The number of anilines is 1. The Morgan fingerprint density at radius 3 is 2.56 bits per heavy atom. The molecule has 3 rings (SSSR count). The summed E-state index contributed by atoms with van der Waals surface area (Å²) in [6.45, 7) is -0.0348. The van der Waals surface area contributed by atoms with Crippen molar-refractivity contribution in [2.45, 2.75) is 6.54 Å². The molecule has 2 aromatic rings. The third kappa shape index (κ3) is 3.29. The average Bonchev–Trinajstić information content (AvgIpc) is 2.87. The monoisotopic (exact) mass is 340 g/mol. The van der Waals surface area contributed by atoms with E-state index in [-0.39, 0.29) is 23.4 Å². The van der Waals surface area contributed by atoms with Gasteiger partial charge in [0.2, 0.25) is 0 Å². The number of nitrogens with zero attached hydrogens (tertiary/aromatic N) is 1. The summed E-state index contributed by atoms with van der Waals surface area (Å²) >= 11 is 0. The number of benzene rings is 2. The fourth-order valence-corrected chi connectivity index (χ4v) is 2.43. The lowest BCUT2D eigenvalue weighted by molar-refractivity contribution is -0.385. The minimum atomic E-state index is -0.595. The molecule has 0 saturated heterocycles. The minimum Gasteiger partial charge on any atom is -0.334 e. The maximum absolute atomic E-state index is 12.0. The van der Waals surface area contributed by atoms with Gasteiger partial charge in [0.15, 0.2) is 0 Å². The number of nitrogens with one attached hydrogen (secondary N) is 3. The third-order valence-electron chi connectivity index (χ3n) is 3.62. The molecule has 0 radical (unpaired) electrons. The normalized spacial score (nSPS) is 12.3. The van der Waals surface area contributed by atoms with Crippen molar-refractivity contribution < 1.29 is 19.3 Å². The van der Waals surface area contributed by atoms with Crippen molar-refractivity contribution in [2.75, 3.05) is 5.32 Å². The molecule has 0 aromatic heterocycles. The number of nitro groups is 1. The lowest BCUT2D eigenvalue weighted by Gasteiger charge is -2.08. The highest BCUT2D eigenvalue weighted by Crippen LogP contribution is 2.20. The summed E-state index contributed by atoms with van der Waals surface area (Å²) in [5.74, 6) is -1.00. The van der Waals surface area contributed by atoms with Crippen LogP contribution < -0.4 is 16.0 Å². The van der Waals surface area contributed by atoms with Gasteiger partial charge in [-0.3, -0.25) is 25.0 Å². The zero-order valence-corrected chi connectivity index (χ0v) is 12.7. The highest BCUT2D eigenvalue weighted by molar-refractivity contribution is 6.22. The molecule has 2 aromatic carbocycles. The smallest absolute Gasteiger partial charge is 0.319 e. The first kappa shape index (κ1) is 16.1. The van der Waals surface area contributed by atoms with E-state index in [9.17, 15) is 24.5 Å². The van der Waals surface area contributed by atoms with Crippen LogP contribution in [-0.2, 0) is 6.54 Å². The minimum absolute atomic E-state index is 0.0348. The number of nitro benzene ring substituents is 1. The van der Waals surface area contributed by atoms with Gasteiger partial charge >= 0.3 is 6.03 Å². The molecular weight excluding hydrogens is 328 g/mol. The standard InChI is InChI=1S/C16H12N4O5/c21-14-11-6-5-10(7-12(11)15(22)19-14)18-16(23)17-8-9-3-1-2-4-13(9)20(24)25/h1-7H,8H2,(H2,17,18,23)(H,19,21,22). The van der Waals surface area contributed by atoms with E-state index in [1.807, 2.05) is 0 Å². The van der Waals surface area contributed by atoms with E-state index in [0.717, 1.165) is 0 Å². The summed E-state index contributed by atoms with van der Waals surface area (Å²) in [4.78, 5) is 45.4. The summed E-state index contributed by atoms with van der Waals surface area (Å²) in [6, 6.07) is 9.79. The van der Waals surface area contributed by atoms with E-state index in [2.05, 4.69) is 16.0 Å². The van der Waals surface area contributed by atoms with Crippen molar-refractivity contribution in [3.05, 3.63) is 69.3 Å². The molecule has 1 aliphatic heterocycles.